The summed E-state index contributed by atoms with van der Waals surface area (Å²) >= 11 is 29.3. The molecule has 8 nitrogen and oxygen atoms in total. The fourth-order valence-corrected chi connectivity index (χ4v) is 8.01. The van der Waals surface area contributed by atoms with Crippen LogP contribution < -0.4 is 11.5 Å². The Hall–Kier alpha value is -3.67. The Kier molecular flexibility index (Phi) is 12.2. The number of rotatable bonds is 8. The quantitative estimate of drug-likeness (QED) is 0.136. The molecule has 6 rings (SSSR count). The first-order chi connectivity index (χ1) is 24.6. The van der Waals surface area contributed by atoms with Gasteiger partial charge in [0.05, 0.1) is 46.5 Å². The van der Waals surface area contributed by atoms with Crippen molar-refractivity contribution in [2.24, 2.45) is 0 Å². The molecule has 0 atom stereocenters. The van der Waals surface area contributed by atoms with Crippen LogP contribution in [-0.4, -0.2) is 74.2 Å². The molecule has 4 N–H and O–H groups in total. The van der Waals surface area contributed by atoms with Crippen LogP contribution in [0.25, 0.3) is 34.4 Å². The van der Waals surface area contributed by atoms with E-state index in [9.17, 15) is 9.59 Å². The fraction of sp³-hybridized carbons (Fsp3) is 0.211. The van der Waals surface area contributed by atoms with Gasteiger partial charge in [0, 0.05) is 81.8 Å². The van der Waals surface area contributed by atoms with Crippen molar-refractivity contribution in [3.63, 3.8) is 0 Å². The van der Waals surface area contributed by atoms with Gasteiger partial charge in [-0.15, -0.1) is 0 Å². The summed E-state index contributed by atoms with van der Waals surface area (Å²) in [7, 11) is 0. The van der Waals surface area contributed by atoms with Crippen LogP contribution in [0, 0.1) is 0 Å². The average Bonchev–Trinajstić information content (AvgIpc) is 3.15. The van der Waals surface area contributed by atoms with Crippen LogP contribution in [0.2, 0.25) is 20.1 Å². The van der Waals surface area contributed by atoms with Crippen molar-refractivity contribution in [3.05, 3.63) is 104 Å². The summed E-state index contributed by atoms with van der Waals surface area (Å²) in [5.74, 6) is -0.323. The van der Waals surface area contributed by atoms with E-state index in [4.69, 9.17) is 67.3 Å². The van der Waals surface area contributed by atoms with E-state index in [0.29, 0.717) is 107 Å². The molecule has 0 aliphatic carbocycles. The molecule has 0 unspecified atom stereocenters. The lowest BCUT2D eigenvalue weighted by atomic mass is 9.97. The van der Waals surface area contributed by atoms with Crippen molar-refractivity contribution >= 4 is 93.5 Å². The third-order valence-electron chi connectivity index (χ3n) is 8.57. The number of benzene rings is 4. The van der Waals surface area contributed by atoms with Crippen molar-refractivity contribution in [1.29, 1.82) is 0 Å². The largest absolute Gasteiger partial charge is 0.398 e. The van der Waals surface area contributed by atoms with E-state index in [-0.39, 0.29) is 31.9 Å². The number of hydrogen-bond donors (Lipinski definition) is 2. The predicted octanol–water partition coefficient (Wildman–Crippen LogP) is 8.69. The van der Waals surface area contributed by atoms with Crippen molar-refractivity contribution < 1.29 is 19.1 Å². The van der Waals surface area contributed by atoms with Crippen LogP contribution in [-0.2, 0) is 19.1 Å². The second-order valence-corrected chi connectivity index (χ2v) is 14.3. The highest BCUT2D eigenvalue weighted by Gasteiger charge is 2.23. The third kappa shape index (κ3) is 8.36. The minimum Gasteiger partial charge on any atom is -0.398 e. The molecule has 2 aliphatic heterocycles. The van der Waals surface area contributed by atoms with E-state index in [2.05, 4.69) is 0 Å². The first kappa shape index (κ1) is 37.1. The lowest BCUT2D eigenvalue weighted by Gasteiger charge is -2.25. The van der Waals surface area contributed by atoms with Crippen LogP contribution in [0.1, 0.15) is 11.1 Å². The van der Waals surface area contributed by atoms with E-state index >= 15 is 0 Å². The molecule has 2 aliphatic rings. The zero-order valence-electron chi connectivity index (χ0n) is 27.3. The Bertz CT molecular complexity index is 1880. The lowest BCUT2D eigenvalue weighted by molar-refractivity contribution is -0.130. The Labute approximate surface area is 320 Å². The minimum absolute atomic E-state index is 0.161. The molecule has 264 valence electrons. The Morgan fingerprint density at radius 2 is 0.961 bits per heavy atom. The van der Waals surface area contributed by atoms with Crippen LogP contribution in [0.15, 0.2) is 82.6 Å². The molecule has 0 aromatic heterocycles. The average molecular weight is 785 g/mol. The molecule has 2 fully saturated rings. The molecule has 2 heterocycles. The highest BCUT2D eigenvalue weighted by Crippen LogP contribution is 2.49. The summed E-state index contributed by atoms with van der Waals surface area (Å²) in [5.41, 5.74) is 17.8. The highest BCUT2D eigenvalue weighted by molar-refractivity contribution is 7.99. The van der Waals surface area contributed by atoms with E-state index < -0.39 is 0 Å². The summed E-state index contributed by atoms with van der Waals surface area (Å²) in [6.45, 7) is 3.96. The number of anilines is 2. The Morgan fingerprint density at radius 3 is 1.33 bits per heavy atom. The molecular weight excluding hydrogens is 750 g/mol. The monoisotopic (exact) mass is 782 g/mol. The molecule has 0 saturated carbocycles. The van der Waals surface area contributed by atoms with Gasteiger partial charge in [0.25, 0.3) is 0 Å². The number of nitrogen functional groups attached to an aromatic ring is 2. The van der Waals surface area contributed by atoms with Gasteiger partial charge in [-0.3, -0.25) is 9.59 Å². The number of hydrogen-bond acceptors (Lipinski definition) is 7. The van der Waals surface area contributed by atoms with Gasteiger partial charge < -0.3 is 30.7 Å². The number of amides is 2. The maximum absolute atomic E-state index is 13.0. The Balaban J connectivity index is 1.43. The zero-order valence-corrected chi connectivity index (χ0v) is 31.2. The summed E-state index contributed by atoms with van der Waals surface area (Å²) in [6, 6.07) is 18.5. The van der Waals surface area contributed by atoms with Crippen molar-refractivity contribution in [1.82, 2.24) is 9.80 Å². The van der Waals surface area contributed by atoms with Crippen LogP contribution in [0.4, 0.5) is 11.4 Å². The van der Waals surface area contributed by atoms with Crippen molar-refractivity contribution in [2.45, 2.75) is 9.79 Å². The summed E-state index contributed by atoms with van der Waals surface area (Å²) in [5, 5.41) is 0.988. The van der Waals surface area contributed by atoms with E-state index in [1.807, 2.05) is 48.5 Å². The van der Waals surface area contributed by atoms with Gasteiger partial charge in [-0.05, 0) is 47.5 Å². The number of morpholine rings is 2. The summed E-state index contributed by atoms with van der Waals surface area (Å²) < 4.78 is 10.8. The lowest BCUT2D eigenvalue weighted by Crippen LogP contribution is -2.39. The van der Waals surface area contributed by atoms with Crippen molar-refractivity contribution in [2.75, 3.05) is 64.1 Å². The molecule has 4 aromatic carbocycles. The molecular formula is C38H34Cl4N4O4S. The normalized spacial score (nSPS) is 15.2. The van der Waals surface area contributed by atoms with Crippen molar-refractivity contribution in [3.8, 4) is 22.3 Å². The van der Waals surface area contributed by atoms with Gasteiger partial charge >= 0.3 is 0 Å². The summed E-state index contributed by atoms with van der Waals surface area (Å²) in [6.07, 6.45) is 6.31. The number of carbonyl (C=O) groups is 2. The molecule has 4 aromatic rings. The second-order valence-electron chi connectivity index (χ2n) is 11.7. The first-order valence-electron chi connectivity index (χ1n) is 16.1. The topological polar surface area (TPSA) is 111 Å². The number of para-hydroxylation sites is 2. The van der Waals surface area contributed by atoms with Crippen LogP contribution in [0.3, 0.4) is 0 Å². The summed E-state index contributed by atoms with van der Waals surface area (Å²) in [4.78, 5) is 30.7. The third-order valence-corrected chi connectivity index (χ3v) is 11.6. The SMILES string of the molecule is Nc1ccccc1-c1cc(Sc2cc(-c3ccccc3N)c(/C=C/C(=O)N3CCOCC3)c(Cl)c2Cl)c(Cl)c(Cl)c1/C=C/C(=O)N1CCOCC1. The predicted molar refractivity (Wildman–Crippen MR) is 210 cm³/mol. The minimum atomic E-state index is -0.161. The number of carbonyl (C=O) groups excluding carboxylic acids is 2. The standard InChI is InChI=1S/C38H34Cl4N4O4S/c39-35-25(9-11-33(47)45-13-17-49-18-14-45)27(23-5-1-3-7-29(23)43)21-31(37(35)41)51-32-22-28(24-6-2-4-8-30(24)44)26(36(40)38(32)42)10-12-34(48)46-15-19-50-20-16-46/h1-12,21-22H,13-20,43-44H2/b11-9+,12-10+. The molecule has 13 heteroatoms. The van der Waals surface area contributed by atoms with Gasteiger partial charge in [0.2, 0.25) is 11.8 Å². The van der Waals surface area contributed by atoms with E-state index in [1.54, 1.807) is 34.1 Å². The van der Waals surface area contributed by atoms with Gasteiger partial charge in [0.15, 0.2) is 0 Å². The maximum atomic E-state index is 13.0. The van der Waals surface area contributed by atoms with E-state index in [0.717, 1.165) is 0 Å². The van der Waals surface area contributed by atoms with Gasteiger partial charge in [0.1, 0.15) is 0 Å². The molecule has 2 saturated heterocycles. The molecule has 0 spiro atoms. The van der Waals surface area contributed by atoms with Gasteiger partial charge in [-0.1, -0.05) is 94.6 Å². The van der Waals surface area contributed by atoms with E-state index in [1.165, 1.54) is 23.9 Å². The fourth-order valence-electron chi connectivity index (χ4n) is 5.84. The van der Waals surface area contributed by atoms with Crippen LogP contribution >= 0.6 is 58.2 Å². The first-order valence-corrected chi connectivity index (χ1v) is 18.5. The number of ether oxygens (including phenoxy) is 2. The molecule has 2 amide bonds. The van der Waals surface area contributed by atoms with Gasteiger partial charge in [-0.2, -0.15) is 0 Å². The number of nitrogens with zero attached hydrogens (tertiary/aromatic N) is 2. The molecule has 51 heavy (non-hydrogen) atoms. The highest BCUT2D eigenvalue weighted by atomic mass is 35.5. The Morgan fingerprint density at radius 1 is 0.588 bits per heavy atom. The number of halogens is 4. The zero-order chi connectivity index (χ0) is 36.1. The number of nitrogens with two attached hydrogens (primary N) is 2. The smallest absolute Gasteiger partial charge is 0.246 e. The maximum Gasteiger partial charge on any atom is 0.246 e. The second kappa shape index (κ2) is 16.8. The molecule has 0 radical (unpaired) electrons. The van der Waals surface area contributed by atoms with Crippen LogP contribution in [0.5, 0.6) is 0 Å². The van der Waals surface area contributed by atoms with Gasteiger partial charge in [-0.25, -0.2) is 0 Å². The molecule has 0 bridgehead atoms.